The first-order valence-corrected chi connectivity index (χ1v) is 5.28. The van der Waals surface area contributed by atoms with Crippen LogP contribution in [0.15, 0.2) is 23.2 Å². The molecule has 0 aliphatic rings. The Morgan fingerprint density at radius 2 is 2.18 bits per heavy atom. The molecule has 0 aromatic heterocycles. The van der Waals surface area contributed by atoms with Gasteiger partial charge in [-0.3, -0.25) is 9.79 Å². The number of amidine groups is 1. The lowest BCUT2D eigenvalue weighted by molar-refractivity contribution is 0.0986. The Morgan fingerprint density at radius 1 is 1.47 bits per heavy atom. The molecule has 0 saturated heterocycles. The summed E-state index contributed by atoms with van der Waals surface area (Å²) < 4.78 is 5.05. The van der Waals surface area contributed by atoms with E-state index in [2.05, 4.69) is 4.99 Å². The van der Waals surface area contributed by atoms with Crippen LogP contribution in [0.3, 0.4) is 0 Å². The van der Waals surface area contributed by atoms with Crippen molar-refractivity contribution in [1.82, 2.24) is 0 Å². The Bertz CT molecular complexity index is 437. The van der Waals surface area contributed by atoms with Gasteiger partial charge in [0, 0.05) is 24.2 Å². The molecule has 0 bridgehead atoms. The molecule has 0 saturated carbocycles. The fourth-order valence-electron chi connectivity index (χ4n) is 1.37. The fraction of sp³-hybridized carbons (Fsp3) is 0.333. The number of hydrogen-bond acceptors (Lipinski definition) is 4. The number of rotatable bonds is 5. The maximum atomic E-state index is 11.9. The second-order valence-electron chi connectivity index (χ2n) is 3.65. The van der Waals surface area contributed by atoms with Crippen LogP contribution >= 0.6 is 0 Å². The van der Waals surface area contributed by atoms with E-state index in [4.69, 9.17) is 16.2 Å². The van der Waals surface area contributed by atoms with Crippen LogP contribution in [0.25, 0.3) is 0 Å². The van der Waals surface area contributed by atoms with Gasteiger partial charge < -0.3 is 16.2 Å². The highest BCUT2D eigenvalue weighted by Crippen LogP contribution is 2.20. The highest BCUT2D eigenvalue weighted by molar-refractivity contribution is 6.01. The first-order valence-electron chi connectivity index (χ1n) is 5.28. The van der Waals surface area contributed by atoms with Crippen LogP contribution in [0, 0.1) is 0 Å². The summed E-state index contributed by atoms with van der Waals surface area (Å²) in [7, 11) is 1.54. The molecule has 5 nitrogen and oxygen atoms in total. The second-order valence-corrected chi connectivity index (χ2v) is 3.65. The Balaban J connectivity index is 2.77. The van der Waals surface area contributed by atoms with Crippen molar-refractivity contribution in [2.24, 2.45) is 10.7 Å². The van der Waals surface area contributed by atoms with Crippen LogP contribution in [-0.2, 0) is 0 Å². The van der Waals surface area contributed by atoms with Crippen LogP contribution in [-0.4, -0.2) is 25.3 Å². The molecule has 92 valence electrons. The maximum Gasteiger partial charge on any atom is 0.166 e. The number of ether oxygens (including phenoxy) is 1. The van der Waals surface area contributed by atoms with Gasteiger partial charge in [0.1, 0.15) is 5.75 Å². The van der Waals surface area contributed by atoms with Crippen molar-refractivity contribution in [2.75, 3.05) is 19.4 Å². The third kappa shape index (κ3) is 3.79. The van der Waals surface area contributed by atoms with Gasteiger partial charge in [-0.25, -0.2) is 0 Å². The molecule has 0 heterocycles. The summed E-state index contributed by atoms with van der Waals surface area (Å²) in [6.45, 7) is 2.06. The van der Waals surface area contributed by atoms with Gasteiger partial charge in [0.15, 0.2) is 5.78 Å². The Hall–Kier alpha value is -2.04. The average Bonchev–Trinajstić information content (AvgIpc) is 2.29. The molecule has 1 rings (SSSR count). The highest BCUT2D eigenvalue weighted by atomic mass is 16.5. The van der Waals surface area contributed by atoms with Gasteiger partial charge in [-0.1, -0.05) is 0 Å². The molecule has 0 spiro atoms. The van der Waals surface area contributed by atoms with E-state index in [0.717, 1.165) is 0 Å². The van der Waals surface area contributed by atoms with Gasteiger partial charge in [-0.15, -0.1) is 0 Å². The van der Waals surface area contributed by atoms with Gasteiger partial charge in [0.25, 0.3) is 0 Å². The zero-order valence-electron chi connectivity index (χ0n) is 10.1. The van der Waals surface area contributed by atoms with Crippen LogP contribution in [0.4, 0.5) is 5.69 Å². The summed E-state index contributed by atoms with van der Waals surface area (Å²) in [4.78, 5) is 15.8. The number of aliphatic imine (C=N–C) groups is 1. The predicted octanol–water partition coefficient (Wildman–Crippen LogP) is 1.23. The third-order valence-electron chi connectivity index (χ3n) is 2.26. The van der Waals surface area contributed by atoms with Crippen LogP contribution in [0.2, 0.25) is 0 Å². The lowest BCUT2D eigenvalue weighted by atomic mass is 10.1. The fourth-order valence-corrected chi connectivity index (χ4v) is 1.37. The molecule has 0 amide bonds. The normalized spacial score (nSPS) is 11.3. The van der Waals surface area contributed by atoms with Crippen LogP contribution in [0.5, 0.6) is 5.75 Å². The first kappa shape index (κ1) is 13.0. The molecule has 17 heavy (non-hydrogen) atoms. The molecule has 0 radical (unpaired) electrons. The molecule has 0 aliphatic heterocycles. The summed E-state index contributed by atoms with van der Waals surface area (Å²) in [5.41, 5.74) is 12.0. The number of carbonyl (C=O) groups excluding carboxylic acids is 1. The lowest BCUT2D eigenvalue weighted by Gasteiger charge is -2.06. The van der Waals surface area contributed by atoms with Crippen molar-refractivity contribution in [3.63, 3.8) is 0 Å². The SMILES string of the molecule is COc1ccc(N)c(C(=O)CCN=C(C)N)c1. The van der Waals surface area contributed by atoms with Gasteiger partial charge in [-0.05, 0) is 25.1 Å². The molecule has 1 aromatic carbocycles. The van der Waals surface area contributed by atoms with Crippen molar-refractivity contribution in [1.29, 1.82) is 0 Å². The highest BCUT2D eigenvalue weighted by Gasteiger charge is 2.10. The Labute approximate surface area is 100 Å². The number of hydrogen-bond donors (Lipinski definition) is 2. The minimum Gasteiger partial charge on any atom is -0.497 e. The number of carbonyl (C=O) groups is 1. The van der Waals surface area contributed by atoms with E-state index >= 15 is 0 Å². The molecule has 0 aliphatic carbocycles. The number of anilines is 1. The van der Waals surface area contributed by atoms with E-state index < -0.39 is 0 Å². The molecule has 0 fully saturated rings. The maximum absolute atomic E-state index is 11.9. The van der Waals surface area contributed by atoms with Crippen molar-refractivity contribution < 1.29 is 9.53 Å². The van der Waals surface area contributed by atoms with Gasteiger partial charge in [0.2, 0.25) is 0 Å². The lowest BCUT2D eigenvalue weighted by Crippen LogP contribution is -2.09. The van der Waals surface area contributed by atoms with Crippen molar-refractivity contribution in [3.05, 3.63) is 23.8 Å². The molecular weight excluding hydrogens is 218 g/mol. The smallest absolute Gasteiger partial charge is 0.166 e. The summed E-state index contributed by atoms with van der Waals surface area (Å²) >= 11 is 0. The van der Waals surface area contributed by atoms with Gasteiger partial charge in [0.05, 0.1) is 12.9 Å². The molecular formula is C12H17N3O2. The topological polar surface area (TPSA) is 90.7 Å². The molecule has 0 atom stereocenters. The third-order valence-corrected chi connectivity index (χ3v) is 2.26. The van der Waals surface area contributed by atoms with Crippen LogP contribution < -0.4 is 16.2 Å². The number of Topliss-reactive ketones (excluding diaryl/α,β-unsaturated/α-hetero) is 1. The molecule has 4 N–H and O–H groups in total. The number of benzene rings is 1. The number of methoxy groups -OCH3 is 1. The number of nitrogens with two attached hydrogens (primary N) is 2. The number of ketones is 1. The Morgan fingerprint density at radius 3 is 2.76 bits per heavy atom. The largest absolute Gasteiger partial charge is 0.497 e. The minimum atomic E-state index is -0.0635. The monoisotopic (exact) mass is 235 g/mol. The van der Waals surface area contributed by atoms with E-state index in [-0.39, 0.29) is 12.2 Å². The second kappa shape index (κ2) is 5.89. The van der Waals surface area contributed by atoms with E-state index in [0.29, 0.717) is 29.4 Å². The summed E-state index contributed by atoms with van der Waals surface area (Å²) in [5.74, 6) is 1.02. The predicted molar refractivity (Wildman–Crippen MR) is 68.5 cm³/mol. The van der Waals surface area contributed by atoms with Gasteiger partial charge in [-0.2, -0.15) is 0 Å². The van der Waals surface area contributed by atoms with E-state index in [1.54, 1.807) is 32.2 Å². The minimum absolute atomic E-state index is 0.0635. The van der Waals surface area contributed by atoms with E-state index in [1.807, 2.05) is 0 Å². The molecule has 0 unspecified atom stereocenters. The van der Waals surface area contributed by atoms with Crippen molar-refractivity contribution in [2.45, 2.75) is 13.3 Å². The van der Waals surface area contributed by atoms with Crippen molar-refractivity contribution >= 4 is 17.3 Å². The molecule has 1 aromatic rings. The standard InChI is InChI=1S/C12H17N3O2/c1-8(13)15-6-5-12(16)10-7-9(17-2)3-4-11(10)14/h3-4,7H,5-6,14H2,1-2H3,(H2,13,15). The summed E-state index contributed by atoms with van der Waals surface area (Å²) in [5, 5.41) is 0. The Kier molecular flexibility index (Phi) is 4.51. The van der Waals surface area contributed by atoms with Crippen LogP contribution in [0.1, 0.15) is 23.7 Å². The quantitative estimate of drug-likeness (QED) is 0.347. The number of nitrogens with zero attached hydrogens (tertiary/aromatic N) is 1. The van der Waals surface area contributed by atoms with E-state index in [9.17, 15) is 4.79 Å². The average molecular weight is 235 g/mol. The first-order chi connectivity index (χ1) is 8.04. The van der Waals surface area contributed by atoms with Crippen molar-refractivity contribution in [3.8, 4) is 5.75 Å². The van der Waals surface area contributed by atoms with Gasteiger partial charge >= 0.3 is 0 Å². The number of nitrogen functional groups attached to an aromatic ring is 1. The van der Waals surface area contributed by atoms with E-state index in [1.165, 1.54) is 0 Å². The molecule has 5 heteroatoms. The summed E-state index contributed by atoms with van der Waals surface area (Å²) in [6.07, 6.45) is 0.284. The zero-order valence-corrected chi connectivity index (χ0v) is 10.1. The summed E-state index contributed by atoms with van der Waals surface area (Å²) in [6, 6.07) is 5.01. The zero-order chi connectivity index (χ0) is 12.8.